The quantitative estimate of drug-likeness (QED) is 0.167. The number of carboxylic acids is 1. The van der Waals surface area contributed by atoms with Gasteiger partial charge in [-0.05, 0) is 47.5 Å². The van der Waals surface area contributed by atoms with Crippen molar-refractivity contribution in [1.82, 2.24) is 5.32 Å². The molecule has 4 aromatic carbocycles. The zero-order valence-corrected chi connectivity index (χ0v) is 23.7. The summed E-state index contributed by atoms with van der Waals surface area (Å²) in [6.07, 6.45) is -0.233. The summed E-state index contributed by atoms with van der Waals surface area (Å²) in [5.74, 6) is -2.00. The second-order valence-electron chi connectivity index (χ2n) is 9.37. The minimum Gasteiger partial charge on any atom is -0.489 e. The minimum atomic E-state index is -1.01. The molecular weight excluding hydrogens is 586 g/mol. The highest BCUT2D eigenvalue weighted by Crippen LogP contribution is 2.29. The van der Waals surface area contributed by atoms with Crippen LogP contribution in [0.4, 0.5) is 0 Å². The first kappa shape index (κ1) is 29.4. The van der Waals surface area contributed by atoms with Crippen LogP contribution >= 0.6 is 15.9 Å². The zero-order valence-electron chi connectivity index (χ0n) is 22.1. The molecule has 0 aliphatic carbocycles. The van der Waals surface area contributed by atoms with Crippen molar-refractivity contribution in [1.29, 1.82) is 0 Å². The number of benzene rings is 4. The number of ketones is 2. The second-order valence-corrected chi connectivity index (χ2v) is 10.3. The van der Waals surface area contributed by atoms with Gasteiger partial charge in [-0.2, -0.15) is 0 Å². The van der Waals surface area contributed by atoms with E-state index in [1.54, 1.807) is 54.6 Å². The lowest BCUT2D eigenvalue weighted by Crippen LogP contribution is -2.26. The molecule has 0 spiro atoms. The number of nitrogens with one attached hydrogen (secondary N) is 1. The van der Waals surface area contributed by atoms with E-state index in [0.29, 0.717) is 34.6 Å². The molecule has 2 N–H and O–H groups in total. The fourth-order valence-corrected chi connectivity index (χ4v) is 4.64. The highest BCUT2D eigenvalue weighted by Gasteiger charge is 2.26. The van der Waals surface area contributed by atoms with Crippen molar-refractivity contribution in [3.05, 3.63) is 135 Å². The summed E-state index contributed by atoms with van der Waals surface area (Å²) < 4.78 is 6.65. The van der Waals surface area contributed by atoms with Crippen molar-refractivity contribution in [2.45, 2.75) is 25.4 Å². The van der Waals surface area contributed by atoms with Gasteiger partial charge in [0.2, 0.25) is 0 Å². The van der Waals surface area contributed by atoms with Crippen LogP contribution in [0.5, 0.6) is 5.75 Å². The highest BCUT2D eigenvalue weighted by atomic mass is 79.9. The molecule has 0 saturated heterocycles. The molecule has 208 valence electrons. The van der Waals surface area contributed by atoms with Gasteiger partial charge in [-0.25, -0.2) is 0 Å². The summed E-state index contributed by atoms with van der Waals surface area (Å²) in [6, 6.07) is 30.1. The molecule has 0 aliphatic rings. The predicted octanol–water partition coefficient (Wildman–Crippen LogP) is 6.47. The Bertz CT molecular complexity index is 1520. The molecule has 0 radical (unpaired) electrons. The Morgan fingerprint density at radius 1 is 0.780 bits per heavy atom. The highest BCUT2D eigenvalue weighted by molar-refractivity contribution is 9.10. The normalized spacial score (nSPS) is 11.3. The molecule has 1 atom stereocenters. The number of carbonyl (C=O) groups excluding carboxylic acids is 3. The Morgan fingerprint density at radius 2 is 1.46 bits per heavy atom. The SMILES string of the molecule is O=C(O)CCNC(=O)c1ccc(C(=O)C(CC(=O)c2cccc(Br)c2)c2ccc(OCc3ccccc3)cc2)cc1. The van der Waals surface area contributed by atoms with Crippen LogP contribution in [0.3, 0.4) is 0 Å². The van der Waals surface area contributed by atoms with E-state index in [-0.39, 0.29) is 31.0 Å². The maximum Gasteiger partial charge on any atom is 0.305 e. The largest absolute Gasteiger partial charge is 0.489 e. The maximum atomic E-state index is 13.7. The van der Waals surface area contributed by atoms with Gasteiger partial charge in [-0.1, -0.05) is 82.7 Å². The number of carboxylic acid groups (broad SMARTS) is 1. The van der Waals surface area contributed by atoms with Gasteiger partial charge in [0.25, 0.3) is 5.91 Å². The van der Waals surface area contributed by atoms with Crippen LogP contribution in [0.25, 0.3) is 0 Å². The van der Waals surface area contributed by atoms with Crippen molar-refractivity contribution in [2.24, 2.45) is 0 Å². The van der Waals surface area contributed by atoms with Gasteiger partial charge < -0.3 is 15.2 Å². The van der Waals surface area contributed by atoms with Gasteiger partial charge in [0.05, 0.1) is 12.3 Å². The second kappa shape index (κ2) is 14.2. The number of aliphatic carboxylic acids is 1. The Morgan fingerprint density at radius 3 is 2.12 bits per heavy atom. The first-order valence-electron chi connectivity index (χ1n) is 13.0. The van der Waals surface area contributed by atoms with E-state index in [9.17, 15) is 19.2 Å². The van der Waals surface area contributed by atoms with Gasteiger partial charge >= 0.3 is 5.97 Å². The fourth-order valence-electron chi connectivity index (χ4n) is 4.24. The van der Waals surface area contributed by atoms with Crippen LogP contribution in [-0.2, 0) is 11.4 Å². The number of carbonyl (C=O) groups is 4. The molecule has 7 nitrogen and oxygen atoms in total. The Hall–Kier alpha value is -4.56. The molecule has 0 heterocycles. The lowest BCUT2D eigenvalue weighted by molar-refractivity contribution is -0.136. The number of hydrogen-bond acceptors (Lipinski definition) is 5. The predicted molar refractivity (Wildman–Crippen MR) is 158 cm³/mol. The number of ether oxygens (including phenoxy) is 1. The zero-order chi connectivity index (χ0) is 29.2. The molecular formula is C33H28BrNO6. The van der Waals surface area contributed by atoms with Crippen LogP contribution in [-0.4, -0.2) is 35.1 Å². The third-order valence-corrected chi connectivity index (χ3v) is 6.93. The molecule has 0 saturated carbocycles. The molecule has 4 rings (SSSR count). The van der Waals surface area contributed by atoms with Crippen LogP contribution in [0.2, 0.25) is 0 Å². The third-order valence-electron chi connectivity index (χ3n) is 6.44. The Balaban J connectivity index is 1.53. The van der Waals surface area contributed by atoms with Crippen LogP contribution in [0.1, 0.15) is 61.0 Å². The smallest absolute Gasteiger partial charge is 0.305 e. The van der Waals surface area contributed by atoms with Gasteiger partial charge in [-0.15, -0.1) is 0 Å². The molecule has 8 heteroatoms. The molecule has 41 heavy (non-hydrogen) atoms. The van der Waals surface area contributed by atoms with Crippen LogP contribution in [0.15, 0.2) is 108 Å². The number of halogens is 1. The summed E-state index contributed by atoms with van der Waals surface area (Å²) >= 11 is 3.39. The summed E-state index contributed by atoms with van der Waals surface area (Å²) in [5.41, 5.74) is 2.84. The monoisotopic (exact) mass is 613 g/mol. The summed E-state index contributed by atoms with van der Waals surface area (Å²) in [6.45, 7) is 0.403. The maximum absolute atomic E-state index is 13.7. The summed E-state index contributed by atoms with van der Waals surface area (Å²) in [7, 11) is 0. The van der Waals surface area contributed by atoms with E-state index >= 15 is 0 Å². The molecule has 0 bridgehead atoms. The third kappa shape index (κ3) is 8.46. The Labute approximate surface area is 246 Å². The van der Waals surface area contributed by atoms with Crippen molar-refractivity contribution in [3.63, 3.8) is 0 Å². The molecule has 0 aromatic heterocycles. The van der Waals surface area contributed by atoms with Crippen molar-refractivity contribution in [3.8, 4) is 5.75 Å². The first-order chi connectivity index (χ1) is 19.8. The van der Waals surface area contributed by atoms with Gasteiger partial charge in [0.15, 0.2) is 11.6 Å². The van der Waals surface area contributed by atoms with E-state index in [2.05, 4.69) is 21.2 Å². The topological polar surface area (TPSA) is 110 Å². The molecule has 1 amide bonds. The van der Waals surface area contributed by atoms with Gasteiger partial charge in [-0.3, -0.25) is 19.2 Å². The van der Waals surface area contributed by atoms with E-state index in [1.165, 1.54) is 12.1 Å². The van der Waals surface area contributed by atoms with E-state index < -0.39 is 17.8 Å². The van der Waals surface area contributed by atoms with Crippen molar-refractivity contribution in [2.75, 3.05) is 6.54 Å². The standard InChI is InChI=1S/C33H28BrNO6/c34-27-8-4-7-26(19-27)30(36)20-29(23-13-15-28(16-14-23)41-21-22-5-2-1-3-6-22)32(39)24-9-11-25(12-10-24)33(40)35-18-17-31(37)38/h1-16,19,29H,17-18,20-21H2,(H,35,40)(H,37,38). The van der Waals surface area contributed by atoms with Crippen molar-refractivity contribution >= 4 is 39.4 Å². The van der Waals surface area contributed by atoms with Gasteiger partial charge in [0, 0.05) is 34.1 Å². The molecule has 1 unspecified atom stereocenters. The summed E-state index contributed by atoms with van der Waals surface area (Å²) in [5, 5.41) is 11.3. The average Bonchev–Trinajstić information content (AvgIpc) is 2.99. The molecule has 4 aromatic rings. The fraction of sp³-hybridized carbons (Fsp3) is 0.152. The number of amides is 1. The number of Topliss-reactive ketones (excluding diaryl/α,β-unsaturated/α-hetero) is 2. The minimum absolute atomic E-state index is 0.000305. The van der Waals surface area contributed by atoms with Crippen LogP contribution in [0, 0.1) is 0 Å². The molecule has 0 fully saturated rings. The van der Waals surface area contributed by atoms with Gasteiger partial charge in [0.1, 0.15) is 12.4 Å². The lowest BCUT2D eigenvalue weighted by atomic mass is 9.85. The Kier molecular flexibility index (Phi) is 10.2. The average molecular weight is 614 g/mol. The molecule has 0 aliphatic heterocycles. The number of rotatable bonds is 13. The lowest BCUT2D eigenvalue weighted by Gasteiger charge is -2.17. The number of hydrogen-bond donors (Lipinski definition) is 2. The van der Waals surface area contributed by atoms with Crippen molar-refractivity contribution < 1.29 is 29.0 Å². The van der Waals surface area contributed by atoms with E-state index in [4.69, 9.17) is 9.84 Å². The van der Waals surface area contributed by atoms with Crippen LogP contribution < -0.4 is 10.1 Å². The first-order valence-corrected chi connectivity index (χ1v) is 13.8. The summed E-state index contributed by atoms with van der Waals surface area (Å²) in [4.78, 5) is 50.0. The van der Waals surface area contributed by atoms with E-state index in [0.717, 1.165) is 10.0 Å². The van der Waals surface area contributed by atoms with E-state index in [1.807, 2.05) is 36.4 Å².